The highest BCUT2D eigenvalue weighted by Crippen LogP contribution is 2.24. The fourth-order valence-electron chi connectivity index (χ4n) is 2.17. The van der Waals surface area contributed by atoms with Crippen molar-refractivity contribution in [3.63, 3.8) is 0 Å². The Bertz CT molecular complexity index is 476. The third-order valence-electron chi connectivity index (χ3n) is 3.16. The van der Waals surface area contributed by atoms with Crippen molar-refractivity contribution in [1.82, 2.24) is 5.32 Å². The second-order valence-electron chi connectivity index (χ2n) is 4.72. The van der Waals surface area contributed by atoms with Crippen LogP contribution in [-0.4, -0.2) is 33.5 Å². The molecule has 0 spiro atoms. The Morgan fingerprint density at radius 3 is 2.85 bits per heavy atom. The Balaban J connectivity index is 1.96. The third kappa shape index (κ3) is 4.07. The molecule has 0 saturated carbocycles. The van der Waals surface area contributed by atoms with E-state index in [0.29, 0.717) is 13.2 Å². The average molecular weight is 277 g/mol. The first-order valence-corrected chi connectivity index (χ1v) is 7.13. The fraction of sp³-hybridized carbons (Fsp3) is 0.500. The predicted molar refractivity (Wildman–Crippen MR) is 79.9 cm³/mol. The van der Waals surface area contributed by atoms with Gasteiger partial charge in [0, 0.05) is 25.7 Å². The fourth-order valence-corrected chi connectivity index (χ4v) is 2.17. The summed E-state index contributed by atoms with van der Waals surface area (Å²) < 4.78 is 16.6. The van der Waals surface area contributed by atoms with Gasteiger partial charge in [-0.3, -0.25) is 0 Å². The number of ether oxygens (including phenoxy) is 2. The summed E-state index contributed by atoms with van der Waals surface area (Å²) in [7, 11) is 1.70. The highest BCUT2D eigenvalue weighted by atomic mass is 16.5. The number of nitrogens with one attached hydrogen (secondary N) is 1. The van der Waals surface area contributed by atoms with E-state index in [1.165, 1.54) is 0 Å². The summed E-state index contributed by atoms with van der Waals surface area (Å²) in [5.74, 6) is 0.930. The summed E-state index contributed by atoms with van der Waals surface area (Å²) in [6, 6.07) is 10.2. The zero-order valence-electron chi connectivity index (χ0n) is 12.2. The van der Waals surface area contributed by atoms with E-state index in [2.05, 4.69) is 24.4 Å². The average Bonchev–Trinajstić information content (AvgIpc) is 2.89. The van der Waals surface area contributed by atoms with Crippen molar-refractivity contribution in [1.29, 1.82) is 0 Å². The molecule has 1 unspecified atom stereocenters. The quantitative estimate of drug-likeness (QED) is 0.715. The van der Waals surface area contributed by atoms with E-state index in [1.54, 1.807) is 7.11 Å². The number of methoxy groups -OCH3 is 1. The van der Waals surface area contributed by atoms with Gasteiger partial charge in [0.2, 0.25) is 0 Å². The lowest BCUT2D eigenvalue weighted by atomic mass is 10.2. The first-order valence-electron chi connectivity index (χ1n) is 7.13. The molecule has 0 amide bonds. The summed E-state index contributed by atoms with van der Waals surface area (Å²) >= 11 is 0. The molecular formula is C16H23NO3. The summed E-state index contributed by atoms with van der Waals surface area (Å²) in [5.41, 5.74) is 0.921. The Labute approximate surface area is 120 Å². The molecule has 0 aliphatic carbocycles. The number of hydrogen-bond donors (Lipinski definition) is 1. The van der Waals surface area contributed by atoms with Crippen molar-refractivity contribution < 1.29 is 13.9 Å². The molecule has 1 atom stereocenters. The monoisotopic (exact) mass is 277 g/mol. The predicted octanol–water partition coefficient (Wildman–Crippen LogP) is 3.14. The lowest BCUT2D eigenvalue weighted by Gasteiger charge is -2.15. The van der Waals surface area contributed by atoms with Crippen molar-refractivity contribution in [3.8, 4) is 0 Å². The van der Waals surface area contributed by atoms with Crippen molar-refractivity contribution >= 4 is 11.0 Å². The van der Waals surface area contributed by atoms with Crippen molar-refractivity contribution in [2.75, 3.05) is 33.5 Å². The molecule has 1 aromatic heterocycles. The standard InChI is InChI=1S/C16H23NO3/c1-3-17-14(12-19-10-6-9-18-2)16-11-13-7-4-5-8-15(13)20-16/h4-5,7-8,11,14,17H,3,6,9-10,12H2,1-2H3. The molecule has 2 rings (SSSR count). The number of furan rings is 1. The largest absolute Gasteiger partial charge is 0.459 e. The molecule has 0 aliphatic rings. The number of fused-ring (bicyclic) bond motifs is 1. The number of likely N-dealkylation sites (N-methyl/N-ethyl adjacent to an activating group) is 1. The second-order valence-corrected chi connectivity index (χ2v) is 4.72. The Morgan fingerprint density at radius 1 is 1.25 bits per heavy atom. The van der Waals surface area contributed by atoms with Crippen LogP contribution in [0.5, 0.6) is 0 Å². The molecule has 0 saturated heterocycles. The van der Waals surface area contributed by atoms with Gasteiger partial charge in [-0.1, -0.05) is 25.1 Å². The van der Waals surface area contributed by atoms with Crippen LogP contribution in [-0.2, 0) is 9.47 Å². The number of hydrogen-bond acceptors (Lipinski definition) is 4. The topological polar surface area (TPSA) is 43.6 Å². The van der Waals surface area contributed by atoms with Crippen LogP contribution >= 0.6 is 0 Å². The van der Waals surface area contributed by atoms with Crippen LogP contribution in [0.4, 0.5) is 0 Å². The molecular weight excluding hydrogens is 254 g/mol. The van der Waals surface area contributed by atoms with Gasteiger partial charge in [0.25, 0.3) is 0 Å². The maximum absolute atomic E-state index is 5.89. The van der Waals surface area contributed by atoms with Gasteiger partial charge >= 0.3 is 0 Å². The van der Waals surface area contributed by atoms with Gasteiger partial charge in [0.1, 0.15) is 11.3 Å². The molecule has 0 aliphatic heterocycles. The van der Waals surface area contributed by atoms with E-state index in [0.717, 1.165) is 36.3 Å². The van der Waals surface area contributed by atoms with E-state index in [9.17, 15) is 0 Å². The smallest absolute Gasteiger partial charge is 0.134 e. The van der Waals surface area contributed by atoms with Gasteiger partial charge < -0.3 is 19.2 Å². The van der Waals surface area contributed by atoms with Crippen LogP contribution in [0, 0.1) is 0 Å². The minimum Gasteiger partial charge on any atom is -0.459 e. The van der Waals surface area contributed by atoms with Crippen LogP contribution in [0.1, 0.15) is 25.1 Å². The van der Waals surface area contributed by atoms with Crippen LogP contribution in [0.3, 0.4) is 0 Å². The van der Waals surface area contributed by atoms with Gasteiger partial charge in [-0.15, -0.1) is 0 Å². The Kier molecular flexibility index (Phi) is 6.05. The highest BCUT2D eigenvalue weighted by molar-refractivity contribution is 5.77. The highest BCUT2D eigenvalue weighted by Gasteiger charge is 2.15. The van der Waals surface area contributed by atoms with E-state index < -0.39 is 0 Å². The molecule has 0 fully saturated rings. The minimum atomic E-state index is 0.0925. The van der Waals surface area contributed by atoms with Crippen LogP contribution < -0.4 is 5.32 Å². The summed E-state index contributed by atoms with van der Waals surface area (Å²) in [6.07, 6.45) is 0.912. The van der Waals surface area contributed by atoms with Crippen LogP contribution in [0.15, 0.2) is 34.7 Å². The zero-order valence-corrected chi connectivity index (χ0v) is 12.2. The van der Waals surface area contributed by atoms with Gasteiger partial charge in [-0.25, -0.2) is 0 Å². The molecule has 1 heterocycles. The van der Waals surface area contributed by atoms with E-state index >= 15 is 0 Å². The Hall–Kier alpha value is -1.36. The van der Waals surface area contributed by atoms with Crippen molar-refractivity contribution in [2.24, 2.45) is 0 Å². The molecule has 1 N–H and O–H groups in total. The molecule has 20 heavy (non-hydrogen) atoms. The summed E-state index contributed by atoms with van der Waals surface area (Å²) in [4.78, 5) is 0. The van der Waals surface area contributed by atoms with Gasteiger partial charge in [0.05, 0.1) is 12.6 Å². The van der Waals surface area contributed by atoms with Gasteiger partial charge in [-0.2, -0.15) is 0 Å². The summed E-state index contributed by atoms with van der Waals surface area (Å²) in [6.45, 7) is 5.01. The summed E-state index contributed by atoms with van der Waals surface area (Å²) in [5, 5.41) is 4.53. The van der Waals surface area contributed by atoms with Gasteiger partial charge in [-0.05, 0) is 25.1 Å². The molecule has 0 bridgehead atoms. The van der Waals surface area contributed by atoms with Gasteiger partial charge in [0.15, 0.2) is 0 Å². The lowest BCUT2D eigenvalue weighted by Crippen LogP contribution is -2.25. The molecule has 1 aromatic carbocycles. The Morgan fingerprint density at radius 2 is 2.10 bits per heavy atom. The molecule has 4 nitrogen and oxygen atoms in total. The molecule has 0 radical (unpaired) electrons. The van der Waals surface area contributed by atoms with Crippen molar-refractivity contribution in [2.45, 2.75) is 19.4 Å². The van der Waals surface area contributed by atoms with E-state index in [4.69, 9.17) is 13.9 Å². The number of para-hydroxylation sites is 1. The molecule has 4 heteroatoms. The van der Waals surface area contributed by atoms with Crippen molar-refractivity contribution in [3.05, 3.63) is 36.1 Å². The number of rotatable bonds is 9. The van der Waals surface area contributed by atoms with Crippen LogP contribution in [0.25, 0.3) is 11.0 Å². The second kappa shape index (κ2) is 8.04. The third-order valence-corrected chi connectivity index (χ3v) is 3.16. The molecule has 2 aromatic rings. The normalized spacial score (nSPS) is 12.9. The number of benzene rings is 1. The zero-order chi connectivity index (χ0) is 14.2. The van der Waals surface area contributed by atoms with Crippen LogP contribution in [0.2, 0.25) is 0 Å². The molecule has 110 valence electrons. The van der Waals surface area contributed by atoms with E-state index in [-0.39, 0.29) is 6.04 Å². The SMILES string of the molecule is CCNC(COCCCOC)c1cc2ccccc2o1. The maximum atomic E-state index is 5.89. The maximum Gasteiger partial charge on any atom is 0.134 e. The minimum absolute atomic E-state index is 0.0925. The first-order chi connectivity index (χ1) is 9.85. The van der Waals surface area contributed by atoms with E-state index in [1.807, 2.05) is 18.2 Å². The first kappa shape index (κ1) is 15.0. The lowest BCUT2D eigenvalue weighted by molar-refractivity contribution is 0.0839.